The minimum atomic E-state index is -0.987. The molecule has 1 N–H and O–H groups in total. The van der Waals surface area contributed by atoms with Crippen molar-refractivity contribution in [3.8, 4) is 0 Å². The second-order valence-corrected chi connectivity index (χ2v) is 4.88. The zero-order valence-electron chi connectivity index (χ0n) is 9.44. The lowest BCUT2D eigenvalue weighted by Gasteiger charge is -2.10. The number of rotatable bonds is 4. The number of carboxylic acid groups (broad SMARTS) is 1. The first-order valence-corrected chi connectivity index (χ1v) is 6.44. The van der Waals surface area contributed by atoms with E-state index in [0.29, 0.717) is 11.3 Å². The van der Waals surface area contributed by atoms with Gasteiger partial charge in [-0.15, -0.1) is 11.8 Å². The minimum absolute atomic E-state index is 0.0577. The van der Waals surface area contributed by atoms with Crippen LogP contribution < -0.4 is 0 Å². The number of hydrogen-bond acceptors (Lipinski definition) is 5. The lowest BCUT2D eigenvalue weighted by Crippen LogP contribution is -2.24. The van der Waals surface area contributed by atoms with Gasteiger partial charge in [0.2, 0.25) is 0 Å². The summed E-state index contributed by atoms with van der Waals surface area (Å²) < 4.78 is 10.3. The Morgan fingerprint density at radius 3 is 2.72 bits per heavy atom. The molecule has 0 aliphatic carbocycles. The van der Waals surface area contributed by atoms with Gasteiger partial charge in [0.1, 0.15) is 12.0 Å². The molecule has 6 heteroatoms. The summed E-state index contributed by atoms with van der Waals surface area (Å²) in [6, 6.07) is 8.62. The molecule has 1 aromatic rings. The molecule has 1 saturated heterocycles. The van der Waals surface area contributed by atoms with E-state index in [1.54, 1.807) is 24.3 Å². The Balaban J connectivity index is 1.79. The fourth-order valence-corrected chi connectivity index (χ4v) is 2.46. The Labute approximate surface area is 108 Å². The fraction of sp³-hybridized carbons (Fsp3) is 0.333. The number of carbonyl (C=O) groups excluding carboxylic acids is 1. The topological polar surface area (TPSA) is 72.8 Å². The van der Waals surface area contributed by atoms with Gasteiger partial charge in [0, 0.05) is 5.75 Å². The van der Waals surface area contributed by atoms with Gasteiger partial charge in [-0.2, -0.15) is 0 Å². The van der Waals surface area contributed by atoms with Gasteiger partial charge < -0.3 is 14.6 Å². The molecule has 96 valence electrons. The Morgan fingerprint density at radius 1 is 1.39 bits per heavy atom. The summed E-state index contributed by atoms with van der Waals surface area (Å²) in [6.45, 7) is 0.0577. The van der Waals surface area contributed by atoms with E-state index in [1.165, 1.54) is 11.8 Å². The van der Waals surface area contributed by atoms with E-state index in [4.69, 9.17) is 14.6 Å². The molecule has 0 spiro atoms. The third kappa shape index (κ3) is 3.24. The van der Waals surface area contributed by atoms with Crippen LogP contribution in [0.4, 0.5) is 0 Å². The highest BCUT2D eigenvalue weighted by Gasteiger charge is 2.31. The molecule has 5 nitrogen and oxygen atoms in total. The number of aliphatic carboxylic acids is 1. The number of carbonyl (C=O) groups is 2. The highest BCUT2D eigenvalue weighted by Crippen LogP contribution is 2.25. The first-order chi connectivity index (χ1) is 8.66. The molecule has 2 rings (SSSR count). The number of carboxylic acids is 1. The zero-order valence-corrected chi connectivity index (χ0v) is 10.3. The molecule has 1 aromatic carbocycles. The van der Waals surface area contributed by atoms with Crippen molar-refractivity contribution in [1.82, 2.24) is 0 Å². The third-order valence-electron chi connectivity index (χ3n) is 2.38. The maximum absolute atomic E-state index is 11.6. The van der Waals surface area contributed by atoms with E-state index in [2.05, 4.69) is 0 Å². The number of esters is 1. The average Bonchev–Trinajstić information content (AvgIpc) is 2.86. The monoisotopic (exact) mass is 268 g/mol. The van der Waals surface area contributed by atoms with Gasteiger partial charge in [-0.25, -0.2) is 9.59 Å². The van der Waals surface area contributed by atoms with Crippen LogP contribution in [0.15, 0.2) is 30.3 Å². The summed E-state index contributed by atoms with van der Waals surface area (Å²) in [6.07, 6.45) is -0.810. The van der Waals surface area contributed by atoms with E-state index in [1.807, 2.05) is 6.07 Å². The molecule has 0 bridgehead atoms. The highest BCUT2D eigenvalue weighted by molar-refractivity contribution is 8.00. The summed E-state index contributed by atoms with van der Waals surface area (Å²) >= 11 is 1.34. The van der Waals surface area contributed by atoms with Gasteiger partial charge in [0.25, 0.3) is 0 Å². The van der Waals surface area contributed by atoms with Gasteiger partial charge >= 0.3 is 11.9 Å². The molecule has 0 amide bonds. The second-order valence-electron chi connectivity index (χ2n) is 3.69. The van der Waals surface area contributed by atoms with Crippen LogP contribution in [0.1, 0.15) is 10.4 Å². The van der Waals surface area contributed by atoms with Gasteiger partial charge in [-0.1, -0.05) is 18.2 Å². The predicted octanol–water partition coefficient (Wildman–Crippen LogP) is 1.39. The van der Waals surface area contributed by atoms with Crippen molar-refractivity contribution < 1.29 is 24.2 Å². The van der Waals surface area contributed by atoms with Crippen LogP contribution in [0.5, 0.6) is 0 Å². The lowest BCUT2D eigenvalue weighted by molar-refractivity contribution is -0.149. The second kappa shape index (κ2) is 5.88. The van der Waals surface area contributed by atoms with Crippen LogP contribution in [0, 0.1) is 0 Å². The average molecular weight is 268 g/mol. The van der Waals surface area contributed by atoms with Gasteiger partial charge in [0.15, 0.2) is 6.10 Å². The van der Waals surface area contributed by atoms with Crippen LogP contribution in [-0.4, -0.2) is 40.9 Å². The van der Waals surface area contributed by atoms with Crippen molar-refractivity contribution in [1.29, 1.82) is 0 Å². The maximum atomic E-state index is 11.6. The Bertz CT molecular complexity index is 433. The molecule has 18 heavy (non-hydrogen) atoms. The molecular weight excluding hydrogens is 256 g/mol. The molecule has 1 fully saturated rings. The summed E-state index contributed by atoms with van der Waals surface area (Å²) in [7, 11) is 0. The molecule has 0 saturated carbocycles. The molecule has 0 aromatic heterocycles. The molecular formula is C12H12O5S. The Morgan fingerprint density at radius 2 is 2.11 bits per heavy atom. The molecule has 1 heterocycles. The summed E-state index contributed by atoms with van der Waals surface area (Å²) in [5, 5.41) is 8.74. The van der Waals surface area contributed by atoms with Crippen LogP contribution >= 0.6 is 11.8 Å². The van der Waals surface area contributed by atoms with E-state index in [9.17, 15) is 9.59 Å². The largest absolute Gasteiger partial charge is 0.479 e. The van der Waals surface area contributed by atoms with Crippen LogP contribution in [0.25, 0.3) is 0 Å². The minimum Gasteiger partial charge on any atom is -0.479 e. The summed E-state index contributed by atoms with van der Waals surface area (Å²) in [5.41, 5.74) is 0.0639. The maximum Gasteiger partial charge on any atom is 0.338 e. The quantitative estimate of drug-likeness (QED) is 0.832. The van der Waals surface area contributed by atoms with Crippen LogP contribution in [0.3, 0.4) is 0 Å². The Hall–Kier alpha value is -1.53. The molecule has 1 aliphatic heterocycles. The van der Waals surface area contributed by atoms with Crippen molar-refractivity contribution >= 4 is 23.7 Å². The van der Waals surface area contributed by atoms with Gasteiger partial charge in [0.05, 0.1) is 5.56 Å². The standard InChI is InChI=1S/C12H12O5S/c13-11(14)9-7-18-10(17-9)6-16-12(15)8-4-2-1-3-5-8/h1-5,9-10H,6-7H2,(H,13,14). The van der Waals surface area contributed by atoms with E-state index < -0.39 is 23.5 Å². The smallest absolute Gasteiger partial charge is 0.338 e. The first kappa shape index (κ1) is 12.9. The van der Waals surface area contributed by atoms with Crippen LogP contribution in [-0.2, 0) is 14.3 Å². The van der Waals surface area contributed by atoms with Crippen molar-refractivity contribution in [2.24, 2.45) is 0 Å². The SMILES string of the molecule is O=C(OCC1OC(C(=O)O)CS1)c1ccccc1. The third-order valence-corrected chi connectivity index (χ3v) is 3.50. The van der Waals surface area contributed by atoms with E-state index in [-0.39, 0.29) is 6.61 Å². The molecule has 2 atom stereocenters. The first-order valence-electron chi connectivity index (χ1n) is 5.39. The van der Waals surface area contributed by atoms with E-state index in [0.717, 1.165) is 0 Å². The number of thioether (sulfide) groups is 1. The number of hydrogen-bond donors (Lipinski definition) is 1. The van der Waals surface area contributed by atoms with Crippen molar-refractivity contribution in [3.63, 3.8) is 0 Å². The Kier molecular flexibility index (Phi) is 4.22. The highest BCUT2D eigenvalue weighted by atomic mass is 32.2. The number of ether oxygens (including phenoxy) is 2. The predicted molar refractivity (Wildman–Crippen MR) is 65.5 cm³/mol. The van der Waals surface area contributed by atoms with Crippen LogP contribution in [0.2, 0.25) is 0 Å². The normalized spacial score (nSPS) is 22.7. The van der Waals surface area contributed by atoms with Gasteiger partial charge in [-0.3, -0.25) is 0 Å². The van der Waals surface area contributed by atoms with E-state index >= 15 is 0 Å². The number of benzene rings is 1. The molecule has 2 unspecified atom stereocenters. The molecule has 0 radical (unpaired) electrons. The molecule has 1 aliphatic rings. The fourth-order valence-electron chi connectivity index (χ4n) is 1.47. The van der Waals surface area contributed by atoms with Crippen molar-refractivity contribution in [2.45, 2.75) is 11.5 Å². The lowest BCUT2D eigenvalue weighted by atomic mass is 10.2. The zero-order chi connectivity index (χ0) is 13.0. The van der Waals surface area contributed by atoms with Crippen molar-refractivity contribution in [2.75, 3.05) is 12.4 Å². The summed E-state index contributed by atoms with van der Waals surface area (Å²) in [5.74, 6) is -1.04. The van der Waals surface area contributed by atoms with Crippen molar-refractivity contribution in [3.05, 3.63) is 35.9 Å². The summed E-state index contributed by atoms with van der Waals surface area (Å²) in [4.78, 5) is 22.3. The van der Waals surface area contributed by atoms with Gasteiger partial charge in [-0.05, 0) is 12.1 Å².